The van der Waals surface area contributed by atoms with Crippen LogP contribution in [-0.4, -0.2) is 24.3 Å². The van der Waals surface area contributed by atoms with E-state index in [1.54, 1.807) is 16.5 Å². The number of benzene rings is 1. The summed E-state index contributed by atoms with van der Waals surface area (Å²) in [4.78, 5) is 21.4. The van der Waals surface area contributed by atoms with Crippen LogP contribution in [0.4, 0.5) is 0 Å². The molecule has 0 saturated carbocycles. The SMILES string of the molecule is Cn1cc2cc(-n3cnc4scnc4c3=O)ccc2n1. The molecule has 0 N–H and O–H groups in total. The second kappa shape index (κ2) is 3.97. The van der Waals surface area contributed by atoms with Gasteiger partial charge in [-0.2, -0.15) is 5.10 Å². The third kappa shape index (κ3) is 1.56. The van der Waals surface area contributed by atoms with Crippen LogP contribution in [0.3, 0.4) is 0 Å². The number of rotatable bonds is 1. The van der Waals surface area contributed by atoms with Crippen molar-refractivity contribution in [2.45, 2.75) is 0 Å². The van der Waals surface area contributed by atoms with E-state index in [-0.39, 0.29) is 5.56 Å². The summed E-state index contributed by atoms with van der Waals surface area (Å²) in [5, 5.41) is 5.30. The average Bonchev–Trinajstić information content (AvgIpc) is 3.03. The van der Waals surface area contributed by atoms with Crippen molar-refractivity contribution in [3.8, 4) is 5.69 Å². The molecule has 7 heteroatoms. The lowest BCUT2D eigenvalue weighted by Gasteiger charge is -2.04. The van der Waals surface area contributed by atoms with Crippen molar-refractivity contribution in [1.82, 2.24) is 24.3 Å². The molecule has 0 aliphatic rings. The van der Waals surface area contributed by atoms with Gasteiger partial charge in [-0.25, -0.2) is 9.97 Å². The smallest absolute Gasteiger partial charge is 0.275 e. The molecule has 0 amide bonds. The normalized spacial score (nSPS) is 11.4. The van der Waals surface area contributed by atoms with Gasteiger partial charge in [0.1, 0.15) is 6.33 Å². The van der Waals surface area contributed by atoms with E-state index in [1.165, 1.54) is 15.9 Å². The Hall–Kier alpha value is -2.54. The average molecular weight is 283 g/mol. The lowest BCUT2D eigenvalue weighted by Crippen LogP contribution is -2.18. The maximum absolute atomic E-state index is 12.4. The fourth-order valence-electron chi connectivity index (χ4n) is 2.23. The number of aromatic nitrogens is 5. The van der Waals surface area contributed by atoms with Crippen molar-refractivity contribution in [3.05, 3.63) is 46.6 Å². The summed E-state index contributed by atoms with van der Waals surface area (Å²) in [5.74, 6) is 0. The Labute approximate surface area is 116 Å². The van der Waals surface area contributed by atoms with Crippen molar-refractivity contribution in [1.29, 1.82) is 0 Å². The van der Waals surface area contributed by atoms with Gasteiger partial charge >= 0.3 is 0 Å². The summed E-state index contributed by atoms with van der Waals surface area (Å²) in [6.45, 7) is 0. The summed E-state index contributed by atoms with van der Waals surface area (Å²) in [6, 6.07) is 5.67. The van der Waals surface area contributed by atoms with Gasteiger partial charge in [-0.3, -0.25) is 14.0 Å². The van der Waals surface area contributed by atoms with E-state index in [1.807, 2.05) is 31.4 Å². The third-order valence-electron chi connectivity index (χ3n) is 3.14. The van der Waals surface area contributed by atoms with Gasteiger partial charge in [-0.1, -0.05) is 0 Å². The van der Waals surface area contributed by atoms with Crippen LogP contribution in [0.25, 0.3) is 26.9 Å². The fourth-order valence-corrected chi connectivity index (χ4v) is 2.84. The van der Waals surface area contributed by atoms with Gasteiger partial charge in [0, 0.05) is 18.6 Å². The van der Waals surface area contributed by atoms with Gasteiger partial charge in [-0.05, 0) is 18.2 Å². The molecule has 0 bridgehead atoms. The minimum absolute atomic E-state index is 0.153. The predicted octanol–water partition coefficient (Wildman–Crippen LogP) is 1.73. The van der Waals surface area contributed by atoms with E-state index >= 15 is 0 Å². The van der Waals surface area contributed by atoms with E-state index in [9.17, 15) is 4.79 Å². The maximum atomic E-state index is 12.4. The van der Waals surface area contributed by atoms with Gasteiger partial charge in [0.05, 0.1) is 16.7 Å². The lowest BCUT2D eigenvalue weighted by molar-refractivity contribution is 0.780. The van der Waals surface area contributed by atoms with Crippen molar-refractivity contribution >= 4 is 32.6 Å². The van der Waals surface area contributed by atoms with E-state index in [4.69, 9.17) is 0 Å². The standard InChI is InChI=1S/C13H9N5OS/c1-17-5-8-4-9(2-3-10(8)16-17)18-6-14-12-11(13(18)19)15-7-20-12/h2-7H,1H3. The largest absolute Gasteiger partial charge is 0.285 e. The molecular weight excluding hydrogens is 274 g/mol. The highest BCUT2D eigenvalue weighted by molar-refractivity contribution is 7.16. The Morgan fingerprint density at radius 3 is 3.05 bits per heavy atom. The first-order chi connectivity index (χ1) is 9.72. The van der Waals surface area contributed by atoms with Gasteiger partial charge in [0.15, 0.2) is 10.3 Å². The number of aryl methyl sites for hydroxylation is 1. The van der Waals surface area contributed by atoms with Crippen LogP contribution in [0.5, 0.6) is 0 Å². The topological polar surface area (TPSA) is 65.6 Å². The molecule has 4 aromatic rings. The molecule has 4 rings (SSSR count). The first-order valence-corrected chi connectivity index (χ1v) is 6.85. The van der Waals surface area contributed by atoms with E-state index in [0.717, 1.165) is 16.6 Å². The zero-order chi connectivity index (χ0) is 13.7. The molecule has 98 valence electrons. The van der Waals surface area contributed by atoms with E-state index < -0.39 is 0 Å². The first kappa shape index (κ1) is 11.3. The molecule has 0 aliphatic heterocycles. The highest BCUT2D eigenvalue weighted by Gasteiger charge is 2.09. The number of thiazole rings is 1. The van der Waals surface area contributed by atoms with E-state index in [2.05, 4.69) is 15.1 Å². The number of nitrogens with zero attached hydrogens (tertiary/aromatic N) is 5. The fraction of sp³-hybridized carbons (Fsp3) is 0.0769. The minimum Gasteiger partial charge on any atom is -0.275 e. The maximum Gasteiger partial charge on any atom is 0.285 e. The number of hydrogen-bond acceptors (Lipinski definition) is 5. The molecule has 0 saturated heterocycles. The van der Waals surface area contributed by atoms with Crippen molar-refractivity contribution < 1.29 is 0 Å². The second-order valence-corrected chi connectivity index (χ2v) is 5.30. The molecule has 20 heavy (non-hydrogen) atoms. The Kier molecular flexibility index (Phi) is 2.25. The van der Waals surface area contributed by atoms with Crippen LogP contribution in [0, 0.1) is 0 Å². The van der Waals surface area contributed by atoms with Crippen molar-refractivity contribution in [2.75, 3.05) is 0 Å². The van der Waals surface area contributed by atoms with E-state index in [0.29, 0.717) is 10.3 Å². The molecule has 3 heterocycles. The first-order valence-electron chi connectivity index (χ1n) is 5.97. The molecular formula is C13H9N5OS. The minimum atomic E-state index is -0.153. The summed E-state index contributed by atoms with van der Waals surface area (Å²) in [7, 11) is 1.87. The Morgan fingerprint density at radius 1 is 1.25 bits per heavy atom. The van der Waals surface area contributed by atoms with Crippen LogP contribution >= 0.6 is 11.3 Å². The summed E-state index contributed by atoms with van der Waals surface area (Å²) in [6.07, 6.45) is 3.46. The van der Waals surface area contributed by atoms with Gasteiger partial charge < -0.3 is 0 Å². The van der Waals surface area contributed by atoms with Crippen LogP contribution < -0.4 is 5.56 Å². The molecule has 6 nitrogen and oxygen atoms in total. The molecule has 0 unspecified atom stereocenters. The highest BCUT2D eigenvalue weighted by Crippen LogP contribution is 2.17. The van der Waals surface area contributed by atoms with Crippen LogP contribution in [-0.2, 0) is 7.05 Å². The molecule has 0 atom stereocenters. The summed E-state index contributed by atoms with van der Waals surface area (Å²) in [5.41, 5.74) is 3.54. The molecule has 0 fully saturated rings. The number of hydrogen-bond donors (Lipinski definition) is 0. The Morgan fingerprint density at radius 2 is 2.15 bits per heavy atom. The Balaban J connectivity index is 2.00. The van der Waals surface area contributed by atoms with Gasteiger partial charge in [0.2, 0.25) is 0 Å². The molecule has 3 aromatic heterocycles. The van der Waals surface area contributed by atoms with Gasteiger partial charge in [0.25, 0.3) is 5.56 Å². The molecule has 0 aliphatic carbocycles. The molecule has 0 spiro atoms. The van der Waals surface area contributed by atoms with Crippen molar-refractivity contribution in [3.63, 3.8) is 0 Å². The summed E-state index contributed by atoms with van der Waals surface area (Å²) < 4.78 is 3.26. The zero-order valence-corrected chi connectivity index (χ0v) is 11.3. The van der Waals surface area contributed by atoms with Crippen LogP contribution in [0.2, 0.25) is 0 Å². The second-order valence-electron chi connectivity index (χ2n) is 4.47. The van der Waals surface area contributed by atoms with Crippen LogP contribution in [0.1, 0.15) is 0 Å². The Bertz CT molecular complexity index is 997. The molecule has 1 aromatic carbocycles. The third-order valence-corrected chi connectivity index (χ3v) is 3.87. The highest BCUT2D eigenvalue weighted by atomic mass is 32.1. The summed E-state index contributed by atoms with van der Waals surface area (Å²) >= 11 is 1.36. The lowest BCUT2D eigenvalue weighted by atomic mass is 10.2. The predicted molar refractivity (Wildman–Crippen MR) is 77.3 cm³/mol. The van der Waals surface area contributed by atoms with Crippen LogP contribution in [0.15, 0.2) is 41.0 Å². The zero-order valence-electron chi connectivity index (χ0n) is 10.5. The molecule has 0 radical (unpaired) electrons. The quantitative estimate of drug-likeness (QED) is 0.533. The number of fused-ring (bicyclic) bond motifs is 2. The van der Waals surface area contributed by atoms with Crippen molar-refractivity contribution in [2.24, 2.45) is 7.05 Å². The van der Waals surface area contributed by atoms with Gasteiger partial charge in [-0.15, -0.1) is 11.3 Å². The monoisotopic (exact) mass is 283 g/mol.